The van der Waals surface area contributed by atoms with Gasteiger partial charge in [-0.05, 0) is 97.8 Å². The Morgan fingerprint density at radius 1 is 0.816 bits per heavy atom. The average molecular weight is 634 g/mol. The molecular formula is C33H30IO3S+. The molecule has 0 N–H and O–H groups in total. The summed E-state index contributed by atoms with van der Waals surface area (Å²) >= 11 is 2.25. The van der Waals surface area contributed by atoms with Gasteiger partial charge in [0.2, 0.25) is 0 Å². The van der Waals surface area contributed by atoms with E-state index in [0.717, 1.165) is 20.3 Å². The van der Waals surface area contributed by atoms with Crippen LogP contribution in [0.1, 0.15) is 30.5 Å². The van der Waals surface area contributed by atoms with Gasteiger partial charge in [-0.2, -0.15) is 0 Å². The zero-order valence-corrected chi connectivity index (χ0v) is 24.9. The molecule has 0 saturated heterocycles. The highest BCUT2D eigenvalue weighted by Crippen LogP contribution is 2.35. The molecule has 3 nitrogen and oxygen atoms in total. The van der Waals surface area contributed by atoms with E-state index in [-0.39, 0.29) is 17.5 Å². The van der Waals surface area contributed by atoms with Gasteiger partial charge in [-0.25, -0.2) is 4.79 Å². The molecule has 0 aromatic heterocycles. The van der Waals surface area contributed by atoms with Crippen LogP contribution < -0.4 is 4.74 Å². The fraction of sp³-hybridized carbons (Fsp3) is 0.182. The Bertz CT molecular complexity index is 1410. The van der Waals surface area contributed by atoms with E-state index < -0.39 is 11.6 Å². The molecule has 192 valence electrons. The van der Waals surface area contributed by atoms with Crippen molar-refractivity contribution in [1.82, 2.24) is 0 Å². The van der Waals surface area contributed by atoms with Crippen LogP contribution in [-0.4, -0.2) is 18.2 Å². The number of aryl methyl sites for hydroxylation is 2. The molecule has 0 spiro atoms. The van der Waals surface area contributed by atoms with Crippen molar-refractivity contribution in [1.29, 1.82) is 0 Å². The number of esters is 1. The number of hydrogen-bond donors (Lipinski definition) is 0. The van der Waals surface area contributed by atoms with E-state index in [4.69, 9.17) is 9.47 Å². The van der Waals surface area contributed by atoms with Crippen molar-refractivity contribution in [3.63, 3.8) is 0 Å². The molecular weight excluding hydrogens is 603 g/mol. The van der Waals surface area contributed by atoms with Crippen molar-refractivity contribution >= 4 is 39.5 Å². The Balaban J connectivity index is 1.49. The number of ether oxygens (including phenoxy) is 2. The maximum atomic E-state index is 12.7. The fourth-order valence-electron chi connectivity index (χ4n) is 4.03. The molecule has 0 bridgehead atoms. The molecule has 4 aromatic rings. The maximum Gasteiger partial charge on any atom is 0.345 e. The molecule has 0 aliphatic rings. The van der Waals surface area contributed by atoms with Gasteiger partial charge in [0.1, 0.15) is 5.75 Å². The van der Waals surface area contributed by atoms with Crippen LogP contribution in [0.2, 0.25) is 0 Å². The lowest BCUT2D eigenvalue weighted by Gasteiger charge is -2.20. The molecule has 0 atom stereocenters. The zero-order valence-electron chi connectivity index (χ0n) is 22.0. The molecule has 5 heteroatoms. The van der Waals surface area contributed by atoms with Crippen molar-refractivity contribution in [2.45, 2.75) is 48.0 Å². The van der Waals surface area contributed by atoms with Crippen LogP contribution in [0.5, 0.6) is 5.75 Å². The molecule has 38 heavy (non-hydrogen) atoms. The first-order chi connectivity index (χ1) is 18.2. The number of carbonyl (C=O) groups is 1. The molecule has 0 fully saturated rings. The summed E-state index contributed by atoms with van der Waals surface area (Å²) in [6, 6.07) is 33.2. The highest BCUT2D eigenvalue weighted by Gasteiger charge is 2.30. The summed E-state index contributed by atoms with van der Waals surface area (Å²) in [6.07, 6.45) is 0. The quantitative estimate of drug-likeness (QED) is 0.0904. The molecule has 0 saturated carbocycles. The van der Waals surface area contributed by atoms with E-state index in [2.05, 4.69) is 95.1 Å². The third-order valence-electron chi connectivity index (χ3n) is 5.70. The van der Waals surface area contributed by atoms with E-state index >= 15 is 0 Å². The third kappa shape index (κ3) is 7.21. The SMILES string of the molecule is Cc1cc([S+](c2ccccc2)c2ccccc2)cc(C)c1OCC(=O)OC(C)(C)C#Cc1ccccc1I. The Hall–Kier alpha value is -3.21. The van der Waals surface area contributed by atoms with Gasteiger partial charge in [0.05, 0.1) is 10.9 Å². The molecule has 0 amide bonds. The number of benzene rings is 4. The largest absolute Gasteiger partial charge is 0.481 e. The fourth-order valence-corrected chi connectivity index (χ4v) is 6.82. The van der Waals surface area contributed by atoms with Gasteiger partial charge in [0.15, 0.2) is 26.9 Å². The summed E-state index contributed by atoms with van der Waals surface area (Å²) in [6.45, 7) is 7.43. The zero-order chi connectivity index (χ0) is 27.1. The van der Waals surface area contributed by atoms with Crippen molar-refractivity contribution in [2.75, 3.05) is 6.61 Å². The first-order valence-corrected chi connectivity index (χ1v) is 14.6. The highest BCUT2D eigenvalue weighted by atomic mass is 127. The van der Waals surface area contributed by atoms with Crippen LogP contribution >= 0.6 is 22.6 Å². The normalized spacial score (nSPS) is 11.0. The summed E-state index contributed by atoms with van der Waals surface area (Å²) < 4.78 is 12.7. The van der Waals surface area contributed by atoms with E-state index in [1.807, 2.05) is 50.2 Å². The van der Waals surface area contributed by atoms with Gasteiger partial charge in [-0.1, -0.05) is 60.4 Å². The first-order valence-electron chi connectivity index (χ1n) is 12.3. The Labute approximate surface area is 242 Å². The summed E-state index contributed by atoms with van der Waals surface area (Å²) in [5.41, 5.74) is 1.93. The smallest absolute Gasteiger partial charge is 0.345 e. The van der Waals surface area contributed by atoms with Crippen LogP contribution in [0.3, 0.4) is 0 Å². The minimum Gasteiger partial charge on any atom is -0.481 e. The average Bonchev–Trinajstić information content (AvgIpc) is 2.89. The Kier molecular flexibility index (Phi) is 9.19. The van der Waals surface area contributed by atoms with E-state index in [9.17, 15) is 4.79 Å². The van der Waals surface area contributed by atoms with Crippen molar-refractivity contribution in [2.24, 2.45) is 0 Å². The van der Waals surface area contributed by atoms with Crippen LogP contribution in [-0.2, 0) is 20.4 Å². The van der Waals surface area contributed by atoms with Crippen molar-refractivity contribution in [3.8, 4) is 17.6 Å². The number of carbonyl (C=O) groups excluding carboxylic acids is 1. The van der Waals surface area contributed by atoms with E-state index in [1.54, 1.807) is 13.8 Å². The van der Waals surface area contributed by atoms with Crippen LogP contribution in [0.25, 0.3) is 0 Å². The van der Waals surface area contributed by atoms with Gasteiger partial charge in [0.25, 0.3) is 0 Å². The van der Waals surface area contributed by atoms with Gasteiger partial charge in [-0.3, -0.25) is 0 Å². The third-order valence-corrected chi connectivity index (χ3v) is 8.84. The summed E-state index contributed by atoms with van der Waals surface area (Å²) in [4.78, 5) is 16.4. The van der Waals surface area contributed by atoms with Gasteiger partial charge < -0.3 is 9.47 Å². The minimum atomic E-state index is -0.937. The van der Waals surface area contributed by atoms with Gasteiger partial charge in [0, 0.05) is 21.3 Å². The van der Waals surface area contributed by atoms with E-state index in [1.165, 1.54) is 14.7 Å². The molecule has 4 aromatic carbocycles. The van der Waals surface area contributed by atoms with Crippen LogP contribution in [0.15, 0.2) is 112 Å². The minimum absolute atomic E-state index is 0.182. The molecule has 4 rings (SSSR count). The standard InChI is InChI=1S/C33H30IO3S/c1-24-21-29(38(27-14-7-5-8-15-27)28-16-9-6-10-17-28)22-25(2)32(24)36-23-31(35)37-33(3,4)20-19-26-13-11-12-18-30(26)34/h5-18,21-22H,23H2,1-4H3/q+1. The number of halogens is 1. The predicted molar refractivity (Wildman–Crippen MR) is 163 cm³/mol. The molecule has 0 radical (unpaired) electrons. The van der Waals surface area contributed by atoms with Gasteiger partial charge in [-0.15, -0.1) is 0 Å². The second-order valence-corrected chi connectivity index (χ2v) is 12.5. The highest BCUT2D eigenvalue weighted by molar-refractivity contribution is 14.1. The lowest BCUT2D eigenvalue weighted by atomic mass is 10.1. The van der Waals surface area contributed by atoms with Gasteiger partial charge >= 0.3 is 5.97 Å². The van der Waals surface area contributed by atoms with Crippen molar-refractivity contribution < 1.29 is 14.3 Å². The molecule has 0 aliphatic carbocycles. The number of rotatable bonds is 7. The topological polar surface area (TPSA) is 35.5 Å². The van der Waals surface area contributed by atoms with Crippen molar-refractivity contribution in [3.05, 3.63) is 117 Å². The second kappa shape index (κ2) is 12.6. The van der Waals surface area contributed by atoms with E-state index in [0.29, 0.717) is 5.75 Å². The molecule has 0 heterocycles. The second-order valence-electron chi connectivity index (χ2n) is 9.32. The molecule has 0 aliphatic heterocycles. The van der Waals surface area contributed by atoms with Crippen LogP contribution in [0.4, 0.5) is 0 Å². The molecule has 0 unspecified atom stereocenters. The summed E-state index contributed by atoms with van der Waals surface area (Å²) in [7, 11) is -0.253. The van der Waals surface area contributed by atoms with Crippen LogP contribution in [0, 0.1) is 29.3 Å². The monoisotopic (exact) mass is 633 g/mol. The first kappa shape index (κ1) is 27.8. The summed E-state index contributed by atoms with van der Waals surface area (Å²) in [5, 5.41) is 0. The summed E-state index contributed by atoms with van der Waals surface area (Å²) in [5.74, 6) is 6.44. The lowest BCUT2D eigenvalue weighted by Crippen LogP contribution is -2.29. The number of hydrogen-bond acceptors (Lipinski definition) is 3. The lowest BCUT2D eigenvalue weighted by molar-refractivity contribution is -0.154. The Morgan fingerprint density at radius 3 is 1.89 bits per heavy atom. The maximum absolute atomic E-state index is 12.7. The predicted octanol–water partition coefficient (Wildman–Crippen LogP) is 7.76. The Morgan fingerprint density at radius 2 is 1.34 bits per heavy atom.